The van der Waals surface area contributed by atoms with Crippen molar-refractivity contribution in [1.82, 2.24) is 9.97 Å². The van der Waals surface area contributed by atoms with Crippen LogP contribution in [0.2, 0.25) is 5.02 Å². The first-order valence-electron chi connectivity index (χ1n) is 9.42. The standard InChI is InChI=1S/C22H19ClN4OS/c1-26-9-10-27(17-8-7-15(23)11-18(17)26)13-20-24-21(28)16-12-19(29-22(16)25-20)14-5-3-2-4-6-14/h2-8,11-12H,9-10,13H2,1H3,(H,24,25,28). The van der Waals surface area contributed by atoms with Crippen LogP contribution >= 0.6 is 22.9 Å². The van der Waals surface area contributed by atoms with Crippen molar-refractivity contribution < 1.29 is 0 Å². The van der Waals surface area contributed by atoms with E-state index >= 15 is 0 Å². The molecule has 0 amide bonds. The Balaban J connectivity index is 1.50. The number of aromatic nitrogens is 2. The van der Waals surface area contributed by atoms with Crippen molar-refractivity contribution in [2.75, 3.05) is 29.9 Å². The molecular formula is C22H19ClN4OS. The Morgan fingerprint density at radius 2 is 1.93 bits per heavy atom. The fourth-order valence-corrected chi connectivity index (χ4v) is 4.94. The third kappa shape index (κ3) is 3.39. The third-order valence-electron chi connectivity index (χ3n) is 5.25. The van der Waals surface area contributed by atoms with Gasteiger partial charge in [0.2, 0.25) is 0 Å². The molecule has 5 rings (SSSR count). The summed E-state index contributed by atoms with van der Waals surface area (Å²) in [5.41, 5.74) is 3.20. The molecule has 0 unspecified atom stereocenters. The number of hydrogen-bond donors (Lipinski definition) is 1. The number of likely N-dealkylation sites (N-methyl/N-ethyl adjacent to an activating group) is 1. The normalized spacial score (nSPS) is 13.7. The minimum Gasteiger partial charge on any atom is -0.371 e. The predicted octanol–water partition coefficient (Wildman–Crippen LogP) is 4.76. The maximum atomic E-state index is 12.7. The highest BCUT2D eigenvalue weighted by Crippen LogP contribution is 2.35. The molecule has 0 spiro atoms. The van der Waals surface area contributed by atoms with Crippen LogP contribution in [0.5, 0.6) is 0 Å². The molecule has 0 fully saturated rings. The SMILES string of the molecule is CN1CCN(Cc2nc3sc(-c4ccccc4)cc3c(=O)[nH]2)c2ccc(Cl)cc21. The lowest BCUT2D eigenvalue weighted by Gasteiger charge is -2.36. The molecule has 1 aliphatic rings. The van der Waals surface area contributed by atoms with E-state index in [1.54, 1.807) is 11.3 Å². The van der Waals surface area contributed by atoms with Gasteiger partial charge in [-0.1, -0.05) is 41.9 Å². The van der Waals surface area contributed by atoms with E-state index in [2.05, 4.69) is 21.8 Å². The van der Waals surface area contributed by atoms with Crippen molar-refractivity contribution in [3.05, 3.63) is 75.8 Å². The first-order valence-corrected chi connectivity index (χ1v) is 10.6. The smallest absolute Gasteiger partial charge is 0.259 e. The fraction of sp³-hybridized carbons (Fsp3) is 0.182. The highest BCUT2D eigenvalue weighted by Gasteiger charge is 2.22. The molecule has 2 aromatic heterocycles. The van der Waals surface area contributed by atoms with Gasteiger partial charge in [0.15, 0.2) is 0 Å². The number of anilines is 2. The van der Waals surface area contributed by atoms with Crippen LogP contribution in [0, 0.1) is 0 Å². The first-order chi connectivity index (χ1) is 14.1. The van der Waals surface area contributed by atoms with E-state index in [1.165, 1.54) is 0 Å². The van der Waals surface area contributed by atoms with Gasteiger partial charge < -0.3 is 14.8 Å². The molecule has 0 radical (unpaired) electrons. The number of thiophene rings is 1. The molecule has 0 atom stereocenters. The number of halogens is 1. The number of nitrogens with zero attached hydrogens (tertiary/aromatic N) is 3. The van der Waals surface area contributed by atoms with Gasteiger partial charge in [-0.2, -0.15) is 0 Å². The summed E-state index contributed by atoms with van der Waals surface area (Å²) in [6, 6.07) is 17.9. The second kappa shape index (κ2) is 7.21. The number of aromatic amines is 1. The number of hydrogen-bond acceptors (Lipinski definition) is 5. The Labute approximate surface area is 177 Å². The molecular weight excluding hydrogens is 404 g/mol. The third-order valence-corrected chi connectivity index (χ3v) is 6.56. The molecule has 1 aliphatic heterocycles. The molecule has 0 saturated heterocycles. The van der Waals surface area contributed by atoms with E-state index in [4.69, 9.17) is 16.6 Å². The van der Waals surface area contributed by atoms with Gasteiger partial charge in [0.25, 0.3) is 5.56 Å². The lowest BCUT2D eigenvalue weighted by Crippen LogP contribution is -2.39. The number of fused-ring (bicyclic) bond motifs is 2. The monoisotopic (exact) mass is 422 g/mol. The molecule has 7 heteroatoms. The zero-order valence-corrected chi connectivity index (χ0v) is 17.4. The zero-order valence-electron chi connectivity index (χ0n) is 15.9. The van der Waals surface area contributed by atoms with Gasteiger partial charge in [-0.25, -0.2) is 4.98 Å². The highest BCUT2D eigenvalue weighted by atomic mass is 35.5. The van der Waals surface area contributed by atoms with Crippen molar-refractivity contribution in [1.29, 1.82) is 0 Å². The largest absolute Gasteiger partial charge is 0.371 e. The van der Waals surface area contributed by atoms with Crippen LogP contribution in [0.1, 0.15) is 5.82 Å². The lowest BCUT2D eigenvalue weighted by atomic mass is 10.1. The Kier molecular flexibility index (Phi) is 4.53. The molecule has 0 saturated carbocycles. The Hall–Kier alpha value is -2.83. The van der Waals surface area contributed by atoms with Gasteiger partial charge in [0.1, 0.15) is 10.7 Å². The van der Waals surface area contributed by atoms with Crippen LogP contribution in [0.25, 0.3) is 20.7 Å². The molecule has 0 bridgehead atoms. The van der Waals surface area contributed by atoms with Gasteiger partial charge in [0.05, 0.1) is 23.3 Å². The highest BCUT2D eigenvalue weighted by molar-refractivity contribution is 7.21. The van der Waals surface area contributed by atoms with E-state index in [-0.39, 0.29) is 5.56 Å². The van der Waals surface area contributed by atoms with Crippen LogP contribution in [0.3, 0.4) is 0 Å². The Bertz CT molecular complexity index is 1250. The summed E-state index contributed by atoms with van der Waals surface area (Å²) >= 11 is 7.74. The van der Waals surface area contributed by atoms with Crippen LogP contribution in [-0.2, 0) is 6.54 Å². The summed E-state index contributed by atoms with van der Waals surface area (Å²) < 4.78 is 0. The Morgan fingerprint density at radius 1 is 1.10 bits per heavy atom. The first kappa shape index (κ1) is 18.2. The molecule has 0 aliphatic carbocycles. The molecule has 1 N–H and O–H groups in total. The number of benzene rings is 2. The predicted molar refractivity (Wildman–Crippen MR) is 121 cm³/mol. The average molecular weight is 423 g/mol. The Morgan fingerprint density at radius 3 is 2.76 bits per heavy atom. The molecule has 4 aromatic rings. The van der Waals surface area contributed by atoms with Crippen LogP contribution in [0.15, 0.2) is 59.4 Å². The van der Waals surface area contributed by atoms with Gasteiger partial charge >= 0.3 is 0 Å². The van der Waals surface area contributed by atoms with Crippen molar-refractivity contribution in [2.45, 2.75) is 6.54 Å². The van der Waals surface area contributed by atoms with Crippen LogP contribution < -0.4 is 15.4 Å². The maximum Gasteiger partial charge on any atom is 0.259 e. The molecule has 29 heavy (non-hydrogen) atoms. The van der Waals surface area contributed by atoms with Crippen molar-refractivity contribution in [3.63, 3.8) is 0 Å². The summed E-state index contributed by atoms with van der Waals surface area (Å²) in [5.74, 6) is 0.675. The minimum absolute atomic E-state index is 0.0890. The summed E-state index contributed by atoms with van der Waals surface area (Å²) in [6.07, 6.45) is 0. The molecule has 146 valence electrons. The van der Waals surface area contributed by atoms with Gasteiger partial charge in [-0.3, -0.25) is 4.79 Å². The van der Waals surface area contributed by atoms with E-state index in [0.29, 0.717) is 17.8 Å². The summed E-state index contributed by atoms with van der Waals surface area (Å²) in [4.78, 5) is 26.7. The topological polar surface area (TPSA) is 52.2 Å². The van der Waals surface area contributed by atoms with Gasteiger partial charge in [-0.05, 0) is 29.8 Å². The van der Waals surface area contributed by atoms with E-state index in [0.717, 1.165) is 44.8 Å². The van der Waals surface area contributed by atoms with Gasteiger partial charge in [0, 0.05) is 30.0 Å². The fourth-order valence-electron chi connectivity index (χ4n) is 3.72. The molecule has 5 nitrogen and oxygen atoms in total. The molecule has 2 aromatic carbocycles. The molecule has 3 heterocycles. The number of nitrogens with one attached hydrogen (secondary N) is 1. The van der Waals surface area contributed by atoms with Crippen molar-refractivity contribution in [3.8, 4) is 10.4 Å². The second-order valence-corrected chi connectivity index (χ2v) is 8.65. The van der Waals surface area contributed by atoms with E-state index < -0.39 is 0 Å². The summed E-state index contributed by atoms with van der Waals surface area (Å²) in [6.45, 7) is 2.29. The number of H-pyrrole nitrogens is 1. The van der Waals surface area contributed by atoms with Gasteiger partial charge in [-0.15, -0.1) is 11.3 Å². The summed E-state index contributed by atoms with van der Waals surface area (Å²) in [7, 11) is 2.06. The minimum atomic E-state index is -0.0890. The van der Waals surface area contributed by atoms with Crippen molar-refractivity contribution >= 4 is 44.5 Å². The van der Waals surface area contributed by atoms with Crippen LogP contribution in [0.4, 0.5) is 11.4 Å². The number of rotatable bonds is 3. The quantitative estimate of drug-likeness (QED) is 0.517. The van der Waals surface area contributed by atoms with Crippen LogP contribution in [-0.4, -0.2) is 30.1 Å². The average Bonchev–Trinajstić information content (AvgIpc) is 3.16. The van der Waals surface area contributed by atoms with E-state index in [1.807, 2.05) is 54.6 Å². The zero-order chi connectivity index (χ0) is 20.0. The summed E-state index contributed by atoms with van der Waals surface area (Å²) in [5, 5.41) is 1.36. The second-order valence-electron chi connectivity index (χ2n) is 7.18. The van der Waals surface area contributed by atoms with Crippen molar-refractivity contribution in [2.24, 2.45) is 0 Å². The lowest BCUT2D eigenvalue weighted by molar-refractivity contribution is 0.712. The van der Waals surface area contributed by atoms with E-state index in [9.17, 15) is 4.79 Å². The maximum absolute atomic E-state index is 12.7.